The Balaban J connectivity index is 1.92. The molecule has 1 aliphatic heterocycles. The molecule has 0 radical (unpaired) electrons. The van der Waals surface area contributed by atoms with Crippen molar-refractivity contribution in [3.8, 4) is 5.75 Å². The molecular weight excluding hydrogens is 289 g/mol. The van der Waals surface area contributed by atoms with Crippen LogP contribution < -0.4 is 10.1 Å². The lowest BCUT2D eigenvalue weighted by Gasteiger charge is -2.32. The van der Waals surface area contributed by atoms with Crippen molar-refractivity contribution in [2.75, 3.05) is 13.7 Å². The van der Waals surface area contributed by atoms with Gasteiger partial charge in [0, 0.05) is 10.5 Å². The second-order valence-corrected chi connectivity index (χ2v) is 6.58. The van der Waals surface area contributed by atoms with Crippen LogP contribution in [0.1, 0.15) is 11.6 Å². The van der Waals surface area contributed by atoms with E-state index in [2.05, 4.69) is 5.32 Å². The highest BCUT2D eigenvalue weighted by atomic mass is 32.2. The second kappa shape index (κ2) is 5.95. The fourth-order valence-corrected chi connectivity index (χ4v) is 4.08. The zero-order valence-corrected chi connectivity index (χ0v) is 12.4. The molecule has 0 aliphatic carbocycles. The minimum Gasteiger partial charge on any atom is -0.492 e. The molecule has 110 valence electrons. The molecule has 2 aromatic carbocycles. The number of nitrogens with one attached hydrogen (secondary N) is 1. The molecular formula is C16H16FNO2S. The molecule has 0 amide bonds. The SMILES string of the molecule is CNC1c2ccccc2OCC1S(=O)c1ccc(F)cc1. The van der Waals surface area contributed by atoms with E-state index < -0.39 is 10.8 Å². The largest absolute Gasteiger partial charge is 0.492 e. The van der Waals surface area contributed by atoms with Crippen LogP contribution >= 0.6 is 0 Å². The van der Waals surface area contributed by atoms with E-state index in [1.807, 2.05) is 31.3 Å². The Hall–Kier alpha value is -1.72. The van der Waals surface area contributed by atoms with Crippen molar-refractivity contribution in [2.45, 2.75) is 16.2 Å². The molecule has 3 unspecified atom stereocenters. The van der Waals surface area contributed by atoms with Crippen LogP contribution in [-0.4, -0.2) is 23.1 Å². The first-order chi connectivity index (χ1) is 10.2. The minimum atomic E-state index is -1.27. The van der Waals surface area contributed by atoms with Crippen LogP contribution in [0.5, 0.6) is 5.75 Å². The summed E-state index contributed by atoms with van der Waals surface area (Å²) in [6.45, 7) is 0.368. The van der Waals surface area contributed by atoms with Crippen LogP contribution in [0.25, 0.3) is 0 Å². The summed E-state index contributed by atoms with van der Waals surface area (Å²) < 4.78 is 31.5. The van der Waals surface area contributed by atoms with Crippen molar-refractivity contribution in [3.63, 3.8) is 0 Å². The summed E-state index contributed by atoms with van der Waals surface area (Å²) in [4.78, 5) is 0.615. The average molecular weight is 305 g/mol. The van der Waals surface area contributed by atoms with Gasteiger partial charge in [-0.05, 0) is 37.4 Å². The first-order valence-electron chi connectivity index (χ1n) is 6.76. The van der Waals surface area contributed by atoms with E-state index in [0.717, 1.165) is 11.3 Å². The number of hydrogen-bond donors (Lipinski definition) is 1. The standard InChI is InChI=1S/C16H16FNO2S/c1-18-16-13-4-2-3-5-14(13)20-10-15(16)21(19)12-8-6-11(17)7-9-12/h2-9,15-16,18H,10H2,1H3. The molecule has 3 nitrogen and oxygen atoms in total. The zero-order valence-electron chi connectivity index (χ0n) is 11.6. The highest BCUT2D eigenvalue weighted by molar-refractivity contribution is 7.85. The smallest absolute Gasteiger partial charge is 0.124 e. The van der Waals surface area contributed by atoms with Crippen molar-refractivity contribution in [2.24, 2.45) is 0 Å². The number of ether oxygens (including phenoxy) is 1. The summed E-state index contributed by atoms with van der Waals surface area (Å²) in [6.07, 6.45) is 0. The minimum absolute atomic E-state index is 0.0548. The zero-order chi connectivity index (χ0) is 14.8. The Morgan fingerprint density at radius 1 is 1.19 bits per heavy atom. The molecule has 21 heavy (non-hydrogen) atoms. The summed E-state index contributed by atoms with van der Waals surface area (Å²) in [5, 5.41) is 3.01. The molecule has 0 bridgehead atoms. The Morgan fingerprint density at radius 2 is 1.90 bits per heavy atom. The van der Waals surface area contributed by atoms with Crippen LogP contribution in [0.4, 0.5) is 4.39 Å². The summed E-state index contributed by atoms with van der Waals surface area (Å²) >= 11 is 0. The van der Waals surface area contributed by atoms with Gasteiger partial charge in [0.25, 0.3) is 0 Å². The van der Waals surface area contributed by atoms with E-state index in [0.29, 0.717) is 11.5 Å². The fraction of sp³-hybridized carbons (Fsp3) is 0.250. The fourth-order valence-electron chi connectivity index (χ4n) is 2.61. The number of benzene rings is 2. The monoisotopic (exact) mass is 305 g/mol. The first kappa shape index (κ1) is 14.2. The van der Waals surface area contributed by atoms with Crippen molar-refractivity contribution in [1.82, 2.24) is 5.32 Å². The van der Waals surface area contributed by atoms with Gasteiger partial charge in [-0.3, -0.25) is 4.21 Å². The molecule has 3 rings (SSSR count). The molecule has 5 heteroatoms. The molecule has 1 heterocycles. The topological polar surface area (TPSA) is 38.3 Å². The van der Waals surface area contributed by atoms with Crippen LogP contribution in [-0.2, 0) is 10.8 Å². The lowest BCUT2D eigenvalue weighted by Crippen LogP contribution is -2.40. The highest BCUT2D eigenvalue weighted by Gasteiger charge is 2.34. The second-order valence-electron chi connectivity index (χ2n) is 4.90. The van der Waals surface area contributed by atoms with E-state index in [4.69, 9.17) is 4.74 Å². The van der Waals surface area contributed by atoms with Crippen LogP contribution in [0, 0.1) is 5.82 Å². The van der Waals surface area contributed by atoms with Gasteiger partial charge in [0.15, 0.2) is 0 Å². The summed E-state index contributed by atoms with van der Waals surface area (Å²) in [7, 11) is 0.579. The van der Waals surface area contributed by atoms with E-state index in [1.165, 1.54) is 12.1 Å². The van der Waals surface area contributed by atoms with E-state index in [9.17, 15) is 8.60 Å². The predicted molar refractivity (Wildman–Crippen MR) is 80.3 cm³/mol. The van der Waals surface area contributed by atoms with Gasteiger partial charge in [-0.1, -0.05) is 18.2 Å². The maximum atomic E-state index is 13.0. The Bertz CT molecular complexity index is 660. The van der Waals surface area contributed by atoms with Gasteiger partial charge in [-0.25, -0.2) is 4.39 Å². The number of rotatable bonds is 3. The van der Waals surface area contributed by atoms with Crippen LogP contribution in [0.3, 0.4) is 0 Å². The quantitative estimate of drug-likeness (QED) is 0.947. The van der Waals surface area contributed by atoms with Crippen LogP contribution in [0.2, 0.25) is 0 Å². The number of fused-ring (bicyclic) bond motifs is 1. The molecule has 0 aromatic heterocycles. The van der Waals surface area contributed by atoms with Gasteiger partial charge in [0.2, 0.25) is 0 Å². The van der Waals surface area contributed by atoms with Gasteiger partial charge in [0.1, 0.15) is 18.2 Å². The normalized spacial score (nSPS) is 22.2. The molecule has 1 N–H and O–H groups in total. The van der Waals surface area contributed by atoms with E-state index in [-0.39, 0.29) is 17.1 Å². The summed E-state index contributed by atoms with van der Waals surface area (Å²) in [5.74, 6) is 0.496. The first-order valence-corrected chi connectivity index (χ1v) is 7.97. The highest BCUT2D eigenvalue weighted by Crippen LogP contribution is 2.35. The van der Waals surface area contributed by atoms with Crippen molar-refractivity contribution in [1.29, 1.82) is 0 Å². The van der Waals surface area contributed by atoms with Crippen molar-refractivity contribution < 1.29 is 13.3 Å². The van der Waals surface area contributed by atoms with Crippen molar-refractivity contribution >= 4 is 10.8 Å². The maximum Gasteiger partial charge on any atom is 0.124 e. The average Bonchev–Trinajstić information content (AvgIpc) is 2.53. The summed E-state index contributed by atoms with van der Waals surface area (Å²) in [5.41, 5.74) is 1.01. The van der Waals surface area contributed by atoms with E-state index >= 15 is 0 Å². The van der Waals surface area contributed by atoms with Crippen LogP contribution in [0.15, 0.2) is 53.4 Å². The van der Waals surface area contributed by atoms with Gasteiger partial charge in [-0.2, -0.15) is 0 Å². The Morgan fingerprint density at radius 3 is 2.62 bits per heavy atom. The third kappa shape index (κ3) is 2.71. The van der Waals surface area contributed by atoms with Gasteiger partial charge >= 0.3 is 0 Å². The third-order valence-electron chi connectivity index (χ3n) is 3.66. The van der Waals surface area contributed by atoms with Gasteiger partial charge in [0.05, 0.1) is 22.1 Å². The molecule has 0 fully saturated rings. The molecule has 1 aliphatic rings. The lowest BCUT2D eigenvalue weighted by molar-refractivity contribution is 0.262. The third-order valence-corrected chi connectivity index (χ3v) is 5.36. The number of para-hydroxylation sites is 1. The summed E-state index contributed by atoms with van der Waals surface area (Å²) in [6, 6.07) is 13.5. The maximum absolute atomic E-state index is 13.0. The molecule has 3 atom stereocenters. The van der Waals surface area contributed by atoms with Crippen molar-refractivity contribution in [3.05, 3.63) is 59.9 Å². The molecule has 0 saturated carbocycles. The molecule has 0 saturated heterocycles. The van der Waals surface area contributed by atoms with Gasteiger partial charge in [-0.15, -0.1) is 0 Å². The number of hydrogen-bond acceptors (Lipinski definition) is 3. The lowest BCUT2D eigenvalue weighted by atomic mass is 10.0. The number of halogens is 1. The molecule has 0 spiro atoms. The predicted octanol–water partition coefficient (Wildman–Crippen LogP) is 2.66. The van der Waals surface area contributed by atoms with E-state index in [1.54, 1.807) is 12.1 Å². The van der Waals surface area contributed by atoms with Gasteiger partial charge < -0.3 is 10.1 Å². The Kier molecular flexibility index (Phi) is 4.03. The molecule has 2 aromatic rings. The Labute approximate surface area is 125 Å².